The van der Waals surface area contributed by atoms with Crippen LogP contribution in [0.1, 0.15) is 43.1 Å². The van der Waals surface area contributed by atoms with Gasteiger partial charge in [0, 0.05) is 38.7 Å². The molecule has 0 spiro atoms. The molecular formula is C17H26N2O2. The minimum atomic E-state index is 0.0539. The lowest BCUT2D eigenvalue weighted by Crippen LogP contribution is -2.50. The predicted octanol–water partition coefficient (Wildman–Crippen LogP) is 2.72. The monoisotopic (exact) mass is 290 g/mol. The molecule has 1 saturated heterocycles. The highest BCUT2D eigenvalue weighted by atomic mass is 16.2. The fourth-order valence-corrected chi connectivity index (χ4v) is 2.10. The lowest BCUT2D eigenvalue weighted by Gasteiger charge is -2.34. The molecule has 0 unspecified atom stereocenters. The van der Waals surface area contributed by atoms with Crippen molar-refractivity contribution in [3.63, 3.8) is 0 Å². The molecule has 0 N–H and O–H groups in total. The third kappa shape index (κ3) is 5.21. The number of aryl methyl sites for hydroxylation is 1. The average molecular weight is 290 g/mol. The van der Waals surface area contributed by atoms with E-state index in [-0.39, 0.29) is 11.8 Å². The van der Waals surface area contributed by atoms with Crippen LogP contribution in [-0.4, -0.2) is 47.8 Å². The molecular weight excluding hydrogens is 264 g/mol. The Morgan fingerprint density at radius 3 is 1.81 bits per heavy atom. The van der Waals surface area contributed by atoms with Crippen LogP contribution in [0.3, 0.4) is 0 Å². The van der Waals surface area contributed by atoms with Gasteiger partial charge >= 0.3 is 0 Å². The molecule has 2 amide bonds. The first kappa shape index (κ1) is 17.2. The number of hydrogen-bond donors (Lipinski definition) is 0. The van der Waals surface area contributed by atoms with Gasteiger partial charge in [-0.1, -0.05) is 38.0 Å². The van der Waals surface area contributed by atoms with E-state index < -0.39 is 0 Å². The predicted molar refractivity (Wildman–Crippen MR) is 85.3 cm³/mol. The van der Waals surface area contributed by atoms with Gasteiger partial charge in [0.15, 0.2) is 0 Å². The van der Waals surface area contributed by atoms with Gasteiger partial charge in [-0.25, -0.2) is 0 Å². The molecule has 1 aromatic rings. The molecule has 0 aliphatic carbocycles. The van der Waals surface area contributed by atoms with E-state index in [0.29, 0.717) is 26.2 Å². The fourth-order valence-electron chi connectivity index (χ4n) is 2.10. The Labute approximate surface area is 127 Å². The molecule has 0 radical (unpaired) electrons. The first-order chi connectivity index (χ1) is 9.99. The van der Waals surface area contributed by atoms with Crippen LogP contribution in [0, 0.1) is 6.92 Å². The van der Waals surface area contributed by atoms with Crippen molar-refractivity contribution in [1.29, 1.82) is 0 Å². The highest BCUT2D eigenvalue weighted by Gasteiger charge is 2.22. The van der Waals surface area contributed by atoms with Crippen molar-refractivity contribution in [1.82, 2.24) is 9.80 Å². The van der Waals surface area contributed by atoms with Crippen LogP contribution in [0.5, 0.6) is 0 Å². The van der Waals surface area contributed by atoms with Gasteiger partial charge in [0.05, 0.1) is 0 Å². The molecule has 1 aliphatic rings. The number of piperazine rings is 1. The summed E-state index contributed by atoms with van der Waals surface area (Å²) in [6, 6.07) is 7.60. The second-order valence-corrected chi connectivity index (χ2v) is 5.37. The number of nitrogens with zero attached hydrogens (tertiary/aromatic N) is 2. The van der Waals surface area contributed by atoms with E-state index in [4.69, 9.17) is 0 Å². The van der Waals surface area contributed by atoms with Crippen molar-refractivity contribution < 1.29 is 9.59 Å². The molecule has 0 bridgehead atoms. The number of carbonyl (C=O) groups excluding carboxylic acids is 2. The van der Waals surface area contributed by atoms with Crippen molar-refractivity contribution in [2.45, 2.75) is 34.1 Å². The Kier molecular flexibility index (Phi) is 6.92. The van der Waals surface area contributed by atoms with Crippen molar-refractivity contribution >= 4 is 11.8 Å². The van der Waals surface area contributed by atoms with Crippen molar-refractivity contribution in [2.24, 2.45) is 0 Å². The van der Waals surface area contributed by atoms with Crippen molar-refractivity contribution in [3.05, 3.63) is 35.4 Å². The summed E-state index contributed by atoms with van der Waals surface area (Å²) in [5.74, 6) is 0.135. The van der Waals surface area contributed by atoms with Crippen LogP contribution in [-0.2, 0) is 4.79 Å². The maximum atomic E-state index is 12.2. The summed E-state index contributed by atoms with van der Waals surface area (Å²) in [5.41, 5.74) is 1.87. The minimum Gasteiger partial charge on any atom is -0.339 e. The van der Waals surface area contributed by atoms with E-state index in [1.165, 1.54) is 6.42 Å². The van der Waals surface area contributed by atoms with Crippen LogP contribution < -0.4 is 0 Å². The van der Waals surface area contributed by atoms with Gasteiger partial charge < -0.3 is 9.80 Å². The highest BCUT2D eigenvalue weighted by molar-refractivity contribution is 5.94. The largest absolute Gasteiger partial charge is 0.339 e. The van der Waals surface area contributed by atoms with Crippen LogP contribution in [0.15, 0.2) is 24.3 Å². The molecule has 0 aromatic heterocycles. The summed E-state index contributed by atoms with van der Waals surface area (Å²) < 4.78 is 0. The smallest absolute Gasteiger partial charge is 0.253 e. The second kappa shape index (κ2) is 8.45. The van der Waals surface area contributed by atoms with E-state index in [1.54, 1.807) is 11.8 Å². The van der Waals surface area contributed by atoms with E-state index in [0.717, 1.165) is 11.1 Å². The maximum absolute atomic E-state index is 12.2. The van der Waals surface area contributed by atoms with Gasteiger partial charge in [0.2, 0.25) is 5.91 Å². The topological polar surface area (TPSA) is 40.6 Å². The van der Waals surface area contributed by atoms with Crippen LogP contribution >= 0.6 is 0 Å². The molecule has 4 heteroatoms. The minimum absolute atomic E-state index is 0.0539. The molecule has 1 heterocycles. The Bertz CT molecular complexity index is 460. The first-order valence-corrected chi connectivity index (χ1v) is 7.61. The number of carbonyl (C=O) groups is 2. The standard InChI is InChI=1S/C14H18N2O2.C3H8/c1-11-3-5-13(6-4-11)14(18)16-9-7-15(8-10-16)12(2)17;1-3-2/h3-6H,7-10H2,1-2H3;3H2,1-2H3. The molecule has 1 aromatic carbocycles. The Morgan fingerprint density at radius 2 is 1.38 bits per heavy atom. The quantitative estimate of drug-likeness (QED) is 0.798. The van der Waals surface area contributed by atoms with Crippen LogP contribution in [0.4, 0.5) is 0 Å². The Balaban J connectivity index is 0.000000677. The normalized spacial score (nSPS) is 14.3. The lowest BCUT2D eigenvalue weighted by molar-refractivity contribution is -0.130. The van der Waals surface area contributed by atoms with Crippen LogP contribution in [0.25, 0.3) is 0 Å². The molecule has 0 saturated carbocycles. The van der Waals surface area contributed by atoms with Crippen molar-refractivity contribution in [3.8, 4) is 0 Å². The SMILES string of the molecule is CC(=O)N1CCN(C(=O)c2ccc(C)cc2)CC1.CCC. The highest BCUT2D eigenvalue weighted by Crippen LogP contribution is 2.10. The van der Waals surface area contributed by atoms with Gasteiger partial charge in [-0.15, -0.1) is 0 Å². The summed E-state index contributed by atoms with van der Waals surface area (Å²) in [6.07, 6.45) is 1.25. The number of amides is 2. The van der Waals surface area contributed by atoms with Gasteiger partial charge in [-0.05, 0) is 19.1 Å². The first-order valence-electron chi connectivity index (χ1n) is 7.61. The molecule has 4 nitrogen and oxygen atoms in total. The fraction of sp³-hybridized carbons (Fsp3) is 0.529. The Hall–Kier alpha value is -1.84. The summed E-state index contributed by atoms with van der Waals surface area (Å²) in [7, 11) is 0. The van der Waals surface area contributed by atoms with Crippen LogP contribution in [0.2, 0.25) is 0 Å². The molecule has 21 heavy (non-hydrogen) atoms. The maximum Gasteiger partial charge on any atom is 0.253 e. The van der Waals surface area contributed by atoms with Gasteiger partial charge in [-0.3, -0.25) is 9.59 Å². The summed E-state index contributed by atoms with van der Waals surface area (Å²) in [6.45, 7) is 10.3. The van der Waals surface area contributed by atoms with Gasteiger partial charge in [0.1, 0.15) is 0 Å². The molecule has 1 fully saturated rings. The zero-order valence-corrected chi connectivity index (χ0v) is 13.6. The molecule has 1 aliphatic heterocycles. The van der Waals surface area contributed by atoms with E-state index in [9.17, 15) is 9.59 Å². The molecule has 116 valence electrons. The number of rotatable bonds is 1. The van der Waals surface area contributed by atoms with Crippen molar-refractivity contribution in [2.75, 3.05) is 26.2 Å². The molecule has 2 rings (SSSR count). The zero-order valence-electron chi connectivity index (χ0n) is 13.6. The second-order valence-electron chi connectivity index (χ2n) is 5.37. The van der Waals surface area contributed by atoms with Gasteiger partial charge in [0.25, 0.3) is 5.91 Å². The summed E-state index contributed by atoms with van der Waals surface area (Å²) >= 11 is 0. The molecule has 0 atom stereocenters. The Morgan fingerprint density at radius 1 is 0.952 bits per heavy atom. The lowest BCUT2D eigenvalue weighted by atomic mass is 10.1. The summed E-state index contributed by atoms with van der Waals surface area (Å²) in [5, 5.41) is 0. The summed E-state index contributed by atoms with van der Waals surface area (Å²) in [4.78, 5) is 27.0. The third-order valence-electron chi connectivity index (χ3n) is 3.31. The number of benzene rings is 1. The van der Waals surface area contributed by atoms with E-state index >= 15 is 0 Å². The van der Waals surface area contributed by atoms with E-state index in [1.807, 2.05) is 36.1 Å². The third-order valence-corrected chi connectivity index (χ3v) is 3.31. The van der Waals surface area contributed by atoms with Gasteiger partial charge in [-0.2, -0.15) is 0 Å². The average Bonchev–Trinajstić information content (AvgIpc) is 2.48. The van der Waals surface area contributed by atoms with E-state index in [2.05, 4.69) is 13.8 Å². The number of hydrogen-bond acceptors (Lipinski definition) is 2. The zero-order chi connectivity index (χ0) is 15.8.